The number of ketones is 1. The molecule has 1 saturated heterocycles. The van der Waals surface area contributed by atoms with E-state index in [2.05, 4.69) is 17.2 Å². The SMILES string of the molecule is C=CCC(NC(=O)[C@@H]1[C@@H]2[C@H](CN1C(=O)[C@H](NC(=O)OC(C)(C)C)C(C)(C)C)C2(C)C)C(=O)C(=O)NCC(=O)O. The van der Waals surface area contributed by atoms with Crippen molar-refractivity contribution in [3.8, 4) is 0 Å². The van der Waals surface area contributed by atoms with Crippen LogP contribution in [0, 0.1) is 22.7 Å². The van der Waals surface area contributed by atoms with Crippen LogP contribution in [0.15, 0.2) is 12.7 Å². The van der Waals surface area contributed by atoms with Crippen molar-refractivity contribution in [2.45, 2.75) is 85.5 Å². The van der Waals surface area contributed by atoms with Gasteiger partial charge >= 0.3 is 12.1 Å². The Kier molecular flexibility index (Phi) is 9.25. The second-order valence-corrected chi connectivity index (χ2v) is 12.9. The summed E-state index contributed by atoms with van der Waals surface area (Å²) < 4.78 is 5.35. The molecule has 1 aliphatic heterocycles. The van der Waals surface area contributed by atoms with Gasteiger partial charge in [0.25, 0.3) is 5.91 Å². The number of amides is 4. The first-order valence-electron chi connectivity index (χ1n) is 13.0. The molecule has 1 unspecified atom stereocenters. The van der Waals surface area contributed by atoms with E-state index in [1.807, 2.05) is 19.2 Å². The van der Waals surface area contributed by atoms with Gasteiger partial charge in [-0.25, -0.2) is 4.79 Å². The number of nitrogens with one attached hydrogen (secondary N) is 3. The van der Waals surface area contributed by atoms with Gasteiger partial charge in [0, 0.05) is 6.54 Å². The first-order valence-corrected chi connectivity index (χ1v) is 13.0. The van der Waals surface area contributed by atoms with Crippen molar-refractivity contribution in [1.29, 1.82) is 0 Å². The number of carbonyl (C=O) groups excluding carboxylic acids is 5. The molecule has 0 aromatic carbocycles. The van der Waals surface area contributed by atoms with Crippen LogP contribution in [0.4, 0.5) is 4.79 Å². The number of carboxylic acid groups (broad SMARTS) is 1. The van der Waals surface area contributed by atoms with Gasteiger partial charge in [-0.3, -0.25) is 24.0 Å². The number of Topliss-reactive ketones (excluding diaryl/α,β-unsaturated/α-hetero) is 1. The molecule has 0 bridgehead atoms. The molecule has 1 saturated carbocycles. The van der Waals surface area contributed by atoms with Gasteiger partial charge in [-0.2, -0.15) is 0 Å². The Bertz CT molecular complexity index is 1040. The minimum Gasteiger partial charge on any atom is -0.480 e. The van der Waals surface area contributed by atoms with E-state index in [-0.39, 0.29) is 30.2 Å². The van der Waals surface area contributed by atoms with Crippen LogP contribution >= 0.6 is 0 Å². The van der Waals surface area contributed by atoms with Gasteiger partial charge in [0.1, 0.15) is 30.3 Å². The van der Waals surface area contributed by atoms with Crippen LogP contribution in [0.1, 0.15) is 61.8 Å². The van der Waals surface area contributed by atoms with E-state index in [0.29, 0.717) is 0 Å². The van der Waals surface area contributed by atoms with Crippen LogP contribution in [0.25, 0.3) is 0 Å². The fraction of sp³-hybridized carbons (Fsp3) is 0.704. The van der Waals surface area contributed by atoms with Crippen LogP contribution < -0.4 is 16.0 Å². The van der Waals surface area contributed by atoms with E-state index < -0.39 is 71.3 Å². The van der Waals surface area contributed by atoms with E-state index in [9.17, 15) is 28.8 Å². The summed E-state index contributed by atoms with van der Waals surface area (Å²) in [7, 11) is 0. The maximum Gasteiger partial charge on any atom is 0.408 e. The van der Waals surface area contributed by atoms with Gasteiger partial charge in [-0.05, 0) is 49.9 Å². The summed E-state index contributed by atoms with van der Waals surface area (Å²) in [5, 5.41) is 16.0. The molecule has 12 heteroatoms. The standard InChI is InChI=1S/C27H42N4O8/c1-10-11-15(19(34)22(36)28-12-16(32)33)29-21(35)18-17-14(27(17,8)9)13-31(18)23(37)20(25(2,3)4)30-24(38)39-26(5,6)7/h10,14-15,17-18,20H,1,11-13H2,2-9H3,(H,28,36)(H,29,35)(H,30,38)(H,32,33)/t14-,15?,17-,18-,20-/m0/s1. The molecule has 0 radical (unpaired) electrons. The Morgan fingerprint density at radius 1 is 1.08 bits per heavy atom. The smallest absolute Gasteiger partial charge is 0.408 e. The monoisotopic (exact) mass is 550 g/mol. The van der Waals surface area contributed by atoms with E-state index in [4.69, 9.17) is 9.84 Å². The average Bonchev–Trinajstić information content (AvgIpc) is 3.12. The van der Waals surface area contributed by atoms with E-state index >= 15 is 0 Å². The quantitative estimate of drug-likeness (QED) is 0.232. The molecule has 2 fully saturated rings. The van der Waals surface area contributed by atoms with Crippen molar-refractivity contribution in [2.75, 3.05) is 13.1 Å². The number of likely N-dealkylation sites (tertiary alicyclic amines) is 1. The minimum absolute atomic E-state index is 0.0340. The number of hydrogen-bond acceptors (Lipinski definition) is 7. The van der Waals surface area contributed by atoms with Crippen molar-refractivity contribution >= 4 is 35.6 Å². The zero-order chi connectivity index (χ0) is 30.1. The van der Waals surface area contributed by atoms with Crippen LogP contribution in [0.5, 0.6) is 0 Å². The minimum atomic E-state index is -1.32. The summed E-state index contributed by atoms with van der Waals surface area (Å²) in [6, 6.07) is -3.24. The molecule has 2 aliphatic rings. The zero-order valence-electron chi connectivity index (χ0n) is 24.0. The third kappa shape index (κ3) is 7.57. The van der Waals surface area contributed by atoms with E-state index in [1.165, 1.54) is 11.0 Å². The zero-order valence-corrected chi connectivity index (χ0v) is 24.0. The van der Waals surface area contributed by atoms with E-state index in [1.54, 1.807) is 41.5 Å². The highest BCUT2D eigenvalue weighted by Crippen LogP contribution is 2.65. The van der Waals surface area contributed by atoms with Gasteiger partial charge in [0.15, 0.2) is 0 Å². The molecule has 1 heterocycles. The molecule has 5 atom stereocenters. The number of carbonyl (C=O) groups is 6. The molecule has 2 rings (SSSR count). The predicted molar refractivity (Wildman–Crippen MR) is 141 cm³/mol. The number of rotatable bonds is 10. The molecular weight excluding hydrogens is 508 g/mol. The second kappa shape index (κ2) is 11.4. The third-order valence-electron chi connectivity index (χ3n) is 7.19. The number of piperidine rings is 1. The number of ether oxygens (including phenoxy) is 1. The van der Waals surface area contributed by atoms with Gasteiger partial charge in [0.05, 0.1) is 0 Å². The Balaban J connectivity index is 2.30. The van der Waals surface area contributed by atoms with Crippen molar-refractivity contribution in [2.24, 2.45) is 22.7 Å². The van der Waals surface area contributed by atoms with Crippen LogP contribution in [0.3, 0.4) is 0 Å². The Morgan fingerprint density at radius 3 is 2.15 bits per heavy atom. The molecule has 218 valence electrons. The summed E-state index contributed by atoms with van der Waals surface area (Å²) >= 11 is 0. The largest absolute Gasteiger partial charge is 0.480 e. The van der Waals surface area contributed by atoms with E-state index in [0.717, 1.165) is 0 Å². The predicted octanol–water partition coefficient (Wildman–Crippen LogP) is 1.24. The summed E-state index contributed by atoms with van der Waals surface area (Å²) in [6.45, 7) is 17.6. The summed E-state index contributed by atoms with van der Waals surface area (Å²) in [4.78, 5) is 77.1. The lowest BCUT2D eigenvalue weighted by molar-refractivity contribution is -0.145. The molecule has 4 N–H and O–H groups in total. The molecular formula is C27H42N4O8. The number of alkyl carbamates (subject to hydrolysis) is 1. The molecule has 4 amide bonds. The number of fused-ring (bicyclic) bond motifs is 1. The lowest BCUT2D eigenvalue weighted by atomic mass is 9.85. The van der Waals surface area contributed by atoms with Crippen molar-refractivity contribution in [1.82, 2.24) is 20.9 Å². The molecule has 1 aliphatic carbocycles. The highest BCUT2D eigenvalue weighted by atomic mass is 16.6. The Labute approximate surface area is 229 Å². The summed E-state index contributed by atoms with van der Waals surface area (Å²) in [5.74, 6) is -4.72. The average molecular weight is 551 g/mol. The molecule has 0 aromatic rings. The number of hydrogen-bond donors (Lipinski definition) is 4. The first-order chi connectivity index (χ1) is 17.7. The van der Waals surface area contributed by atoms with Gasteiger partial charge in [0.2, 0.25) is 17.6 Å². The molecule has 0 spiro atoms. The van der Waals surface area contributed by atoms with Crippen molar-refractivity contribution in [3.05, 3.63) is 12.7 Å². The number of aliphatic carboxylic acids is 1. The lowest BCUT2D eigenvalue weighted by Crippen LogP contribution is -2.60. The highest BCUT2D eigenvalue weighted by molar-refractivity contribution is 6.38. The fourth-order valence-corrected chi connectivity index (χ4v) is 5.11. The summed E-state index contributed by atoms with van der Waals surface area (Å²) in [5.41, 5.74) is -1.73. The van der Waals surface area contributed by atoms with Crippen LogP contribution in [0.2, 0.25) is 0 Å². The topological polar surface area (TPSA) is 171 Å². The molecule has 0 aromatic heterocycles. The lowest BCUT2D eigenvalue weighted by Gasteiger charge is -2.38. The van der Waals surface area contributed by atoms with Gasteiger partial charge in [-0.15, -0.1) is 6.58 Å². The number of carboxylic acids is 1. The van der Waals surface area contributed by atoms with Gasteiger partial charge < -0.3 is 30.7 Å². The number of nitrogens with zero attached hydrogens (tertiary/aromatic N) is 1. The highest BCUT2D eigenvalue weighted by Gasteiger charge is 2.69. The first kappa shape index (κ1) is 31.8. The van der Waals surface area contributed by atoms with Gasteiger partial charge in [-0.1, -0.05) is 40.7 Å². The van der Waals surface area contributed by atoms with Crippen molar-refractivity contribution in [3.63, 3.8) is 0 Å². The van der Waals surface area contributed by atoms with Crippen molar-refractivity contribution < 1.29 is 38.6 Å². The maximum atomic E-state index is 13.9. The fourth-order valence-electron chi connectivity index (χ4n) is 5.11. The molecule has 12 nitrogen and oxygen atoms in total. The van der Waals surface area contributed by atoms with Crippen LogP contribution in [-0.2, 0) is 28.7 Å². The maximum absolute atomic E-state index is 13.9. The normalized spacial score (nSPS) is 23.0. The third-order valence-corrected chi connectivity index (χ3v) is 7.19. The molecule has 39 heavy (non-hydrogen) atoms. The second-order valence-electron chi connectivity index (χ2n) is 12.9. The Morgan fingerprint density at radius 2 is 1.67 bits per heavy atom. The summed E-state index contributed by atoms with van der Waals surface area (Å²) in [6.07, 6.45) is 0.522. The Hall–Kier alpha value is -3.44. The van der Waals surface area contributed by atoms with Crippen LogP contribution in [-0.4, -0.2) is 82.4 Å².